The average molecular weight is 294 g/mol. The highest BCUT2D eigenvalue weighted by molar-refractivity contribution is 7.91. The molecular weight excluding hydrogens is 282 g/mol. The Morgan fingerprint density at radius 1 is 1.47 bits per heavy atom. The number of aryl methyl sites for hydroxylation is 1. The molecule has 7 heteroatoms. The van der Waals surface area contributed by atoms with Gasteiger partial charge in [-0.15, -0.1) is 22.9 Å². The van der Waals surface area contributed by atoms with Crippen LogP contribution < -0.4 is 5.32 Å². The van der Waals surface area contributed by atoms with Gasteiger partial charge in [-0.25, -0.2) is 8.42 Å². The third kappa shape index (κ3) is 3.00. The fourth-order valence-electron chi connectivity index (χ4n) is 1.73. The Labute approximate surface area is 109 Å². The van der Waals surface area contributed by atoms with E-state index in [0.717, 1.165) is 4.88 Å². The zero-order chi connectivity index (χ0) is 12.6. The third-order valence-corrected chi connectivity index (χ3v) is 5.94. The van der Waals surface area contributed by atoms with Gasteiger partial charge < -0.3 is 5.32 Å². The number of hydrogen-bond acceptors (Lipinski definition) is 4. The van der Waals surface area contributed by atoms with Crippen LogP contribution in [0, 0.1) is 6.92 Å². The molecule has 1 N–H and O–H groups in total. The molecule has 2 unspecified atom stereocenters. The summed E-state index contributed by atoms with van der Waals surface area (Å²) in [5.74, 6) is -0.392. The fraction of sp³-hybridized carbons (Fsp3) is 0.500. The van der Waals surface area contributed by atoms with E-state index in [1.807, 2.05) is 13.0 Å². The van der Waals surface area contributed by atoms with Crippen molar-refractivity contribution < 1.29 is 13.2 Å². The molecule has 1 saturated heterocycles. The minimum atomic E-state index is -3.11. The van der Waals surface area contributed by atoms with Crippen LogP contribution in [0.4, 0.5) is 0 Å². The van der Waals surface area contributed by atoms with E-state index in [0.29, 0.717) is 4.88 Å². The summed E-state index contributed by atoms with van der Waals surface area (Å²) in [6.07, 6.45) is 0. The molecule has 17 heavy (non-hydrogen) atoms. The number of halogens is 1. The van der Waals surface area contributed by atoms with Crippen molar-refractivity contribution in [1.29, 1.82) is 0 Å². The second-order valence-corrected chi connectivity index (χ2v) is 8.09. The van der Waals surface area contributed by atoms with Gasteiger partial charge in [0, 0.05) is 4.88 Å². The number of carbonyl (C=O) groups excluding carboxylic acids is 1. The van der Waals surface area contributed by atoms with Crippen LogP contribution in [0.15, 0.2) is 12.1 Å². The van der Waals surface area contributed by atoms with E-state index in [4.69, 9.17) is 11.6 Å². The van der Waals surface area contributed by atoms with Crippen molar-refractivity contribution in [2.24, 2.45) is 0 Å². The zero-order valence-corrected chi connectivity index (χ0v) is 11.5. The van der Waals surface area contributed by atoms with Crippen molar-refractivity contribution in [2.45, 2.75) is 18.3 Å². The van der Waals surface area contributed by atoms with Crippen LogP contribution in [0.3, 0.4) is 0 Å². The van der Waals surface area contributed by atoms with E-state index in [1.54, 1.807) is 6.07 Å². The Kier molecular flexibility index (Phi) is 3.47. The SMILES string of the molecule is Cc1ccc(C(=O)NC2CS(=O)(=O)CC2Cl)s1. The first kappa shape index (κ1) is 12.9. The van der Waals surface area contributed by atoms with Gasteiger partial charge in [-0.2, -0.15) is 0 Å². The molecular formula is C10H12ClNO3S2. The quantitative estimate of drug-likeness (QED) is 0.833. The molecule has 0 spiro atoms. The summed E-state index contributed by atoms with van der Waals surface area (Å²) in [7, 11) is -3.11. The second kappa shape index (κ2) is 4.59. The van der Waals surface area contributed by atoms with E-state index in [2.05, 4.69) is 5.32 Å². The summed E-state index contributed by atoms with van der Waals surface area (Å²) in [5, 5.41) is 2.14. The number of nitrogens with one attached hydrogen (secondary N) is 1. The maximum absolute atomic E-state index is 11.8. The molecule has 4 nitrogen and oxygen atoms in total. The van der Waals surface area contributed by atoms with Crippen molar-refractivity contribution in [1.82, 2.24) is 5.32 Å². The summed E-state index contributed by atoms with van der Waals surface area (Å²) in [6.45, 7) is 1.91. The molecule has 2 atom stereocenters. The van der Waals surface area contributed by atoms with Gasteiger partial charge in [0.25, 0.3) is 5.91 Å². The zero-order valence-electron chi connectivity index (χ0n) is 9.14. The minimum Gasteiger partial charge on any atom is -0.346 e. The predicted molar refractivity (Wildman–Crippen MR) is 68.6 cm³/mol. The Morgan fingerprint density at radius 2 is 2.18 bits per heavy atom. The van der Waals surface area contributed by atoms with Crippen LogP contribution in [0.5, 0.6) is 0 Å². The van der Waals surface area contributed by atoms with Crippen LogP contribution in [0.25, 0.3) is 0 Å². The van der Waals surface area contributed by atoms with E-state index >= 15 is 0 Å². The lowest BCUT2D eigenvalue weighted by molar-refractivity contribution is 0.0945. The van der Waals surface area contributed by atoms with Crippen molar-refractivity contribution >= 4 is 38.7 Å². The lowest BCUT2D eigenvalue weighted by Gasteiger charge is -2.13. The molecule has 94 valence electrons. The smallest absolute Gasteiger partial charge is 0.261 e. The van der Waals surface area contributed by atoms with E-state index < -0.39 is 21.3 Å². The van der Waals surface area contributed by atoms with Crippen molar-refractivity contribution in [2.75, 3.05) is 11.5 Å². The molecule has 0 bridgehead atoms. The van der Waals surface area contributed by atoms with Crippen molar-refractivity contribution in [3.63, 3.8) is 0 Å². The fourth-order valence-corrected chi connectivity index (χ4v) is 5.05. The molecule has 1 aromatic rings. The molecule has 1 fully saturated rings. The minimum absolute atomic E-state index is 0.0665. The third-order valence-electron chi connectivity index (χ3n) is 2.56. The molecule has 2 heterocycles. The van der Waals surface area contributed by atoms with Crippen LogP contribution >= 0.6 is 22.9 Å². The first-order valence-electron chi connectivity index (χ1n) is 5.09. The van der Waals surface area contributed by atoms with Gasteiger partial charge >= 0.3 is 0 Å². The highest BCUT2D eigenvalue weighted by Gasteiger charge is 2.37. The number of sulfone groups is 1. The molecule has 0 aromatic carbocycles. The van der Waals surface area contributed by atoms with Crippen LogP contribution in [-0.2, 0) is 9.84 Å². The molecule has 0 aliphatic carbocycles. The van der Waals surface area contributed by atoms with E-state index in [1.165, 1.54) is 11.3 Å². The first-order chi connectivity index (χ1) is 7.87. The van der Waals surface area contributed by atoms with Gasteiger partial charge in [0.2, 0.25) is 0 Å². The van der Waals surface area contributed by atoms with Crippen LogP contribution in [0.2, 0.25) is 0 Å². The summed E-state index contributed by atoms with van der Waals surface area (Å²) < 4.78 is 22.7. The van der Waals surface area contributed by atoms with Crippen LogP contribution in [0.1, 0.15) is 14.5 Å². The largest absolute Gasteiger partial charge is 0.346 e. The monoisotopic (exact) mass is 293 g/mol. The first-order valence-corrected chi connectivity index (χ1v) is 8.16. The van der Waals surface area contributed by atoms with Gasteiger partial charge in [0.05, 0.1) is 27.8 Å². The average Bonchev–Trinajstić information content (AvgIpc) is 2.71. The summed E-state index contributed by atoms with van der Waals surface area (Å²) in [6, 6.07) is 3.09. The number of amides is 1. The van der Waals surface area contributed by atoms with E-state index in [9.17, 15) is 13.2 Å². The summed E-state index contributed by atoms with van der Waals surface area (Å²) >= 11 is 7.28. The highest BCUT2D eigenvalue weighted by atomic mass is 35.5. The Bertz CT molecular complexity index is 538. The molecule has 1 amide bonds. The maximum atomic E-state index is 11.8. The number of hydrogen-bond donors (Lipinski definition) is 1. The van der Waals surface area contributed by atoms with E-state index in [-0.39, 0.29) is 17.4 Å². The van der Waals surface area contributed by atoms with Crippen molar-refractivity contribution in [3.05, 3.63) is 21.9 Å². The van der Waals surface area contributed by atoms with Gasteiger partial charge in [0.1, 0.15) is 0 Å². The highest BCUT2D eigenvalue weighted by Crippen LogP contribution is 2.20. The van der Waals surface area contributed by atoms with Gasteiger partial charge in [0.15, 0.2) is 9.84 Å². The molecule has 1 aromatic heterocycles. The summed E-state index contributed by atoms with van der Waals surface area (Å²) in [4.78, 5) is 13.4. The number of alkyl halides is 1. The Balaban J connectivity index is 2.05. The summed E-state index contributed by atoms with van der Waals surface area (Å²) in [5.41, 5.74) is 0. The van der Waals surface area contributed by atoms with Crippen LogP contribution in [-0.4, -0.2) is 37.2 Å². The second-order valence-electron chi connectivity index (χ2n) is 4.08. The van der Waals surface area contributed by atoms with Gasteiger partial charge in [-0.05, 0) is 19.1 Å². The lowest BCUT2D eigenvalue weighted by Crippen LogP contribution is -2.40. The molecule has 2 rings (SSSR count). The molecule has 0 saturated carbocycles. The Hall–Kier alpha value is -0.590. The van der Waals surface area contributed by atoms with Crippen molar-refractivity contribution in [3.8, 4) is 0 Å². The van der Waals surface area contributed by atoms with Gasteiger partial charge in [-0.1, -0.05) is 0 Å². The molecule has 1 aliphatic rings. The van der Waals surface area contributed by atoms with Gasteiger partial charge in [-0.3, -0.25) is 4.79 Å². The lowest BCUT2D eigenvalue weighted by atomic mass is 10.2. The Morgan fingerprint density at radius 3 is 2.65 bits per heavy atom. The number of carbonyl (C=O) groups is 1. The molecule has 1 aliphatic heterocycles. The molecule has 0 radical (unpaired) electrons. The normalized spacial score (nSPS) is 26.9. The number of thiophene rings is 1. The maximum Gasteiger partial charge on any atom is 0.261 e. The number of rotatable bonds is 2. The predicted octanol–water partition coefficient (Wildman–Crippen LogP) is 1.19. The topological polar surface area (TPSA) is 63.2 Å². The standard InChI is InChI=1S/C10H12ClNO3S2/c1-6-2-3-9(16-6)10(13)12-8-5-17(14,15)4-7(8)11/h2-3,7-8H,4-5H2,1H3,(H,12,13).